The smallest absolute Gasteiger partial charge is 0.255 e. The van der Waals surface area contributed by atoms with Crippen molar-refractivity contribution in [1.82, 2.24) is 9.30 Å². The third kappa shape index (κ3) is 2.43. The summed E-state index contributed by atoms with van der Waals surface area (Å²) in [7, 11) is 2.09. The summed E-state index contributed by atoms with van der Waals surface area (Å²) < 4.78 is 16.3. The maximum atomic E-state index is 14.8. The first kappa shape index (κ1) is 14.7. The van der Waals surface area contributed by atoms with Crippen LogP contribution >= 0.6 is 0 Å². The largest absolute Gasteiger partial charge is 0.366 e. The summed E-state index contributed by atoms with van der Waals surface area (Å²) in [6.45, 7) is 5.46. The van der Waals surface area contributed by atoms with E-state index in [0.29, 0.717) is 11.6 Å². The van der Waals surface area contributed by atoms with Gasteiger partial charge in [-0.05, 0) is 43.9 Å². The molecule has 122 valence electrons. The Morgan fingerprint density at radius 3 is 2.48 bits per heavy atom. The van der Waals surface area contributed by atoms with Gasteiger partial charge in [0, 0.05) is 32.2 Å². The van der Waals surface area contributed by atoms with Crippen LogP contribution in [0, 0.1) is 12.7 Å². The minimum Gasteiger partial charge on any atom is -0.366 e. The Hall–Kier alpha value is -1.88. The first-order valence-electron chi connectivity index (χ1n) is 8.34. The second kappa shape index (κ2) is 5.34. The number of anilines is 1. The van der Waals surface area contributed by atoms with E-state index in [2.05, 4.69) is 16.8 Å². The number of hydrogen-bond donors (Lipinski definition) is 0. The number of likely N-dealkylation sites (N-methyl/N-ethyl adjacent to an activating group) is 1. The van der Waals surface area contributed by atoms with E-state index in [1.165, 1.54) is 16.2 Å². The molecule has 2 aliphatic rings. The Balaban J connectivity index is 1.91. The average Bonchev–Trinajstić information content (AvgIpc) is 3.35. The molecule has 0 radical (unpaired) electrons. The highest BCUT2D eigenvalue weighted by atomic mass is 19.1. The lowest BCUT2D eigenvalue weighted by atomic mass is 10.0. The van der Waals surface area contributed by atoms with E-state index in [-0.39, 0.29) is 11.4 Å². The fraction of sp³-hybridized carbons (Fsp3) is 0.500. The molecular formula is C18H22FN3O. The third-order valence-corrected chi connectivity index (χ3v) is 5.17. The van der Waals surface area contributed by atoms with Gasteiger partial charge < -0.3 is 9.80 Å². The molecule has 5 heteroatoms. The lowest BCUT2D eigenvalue weighted by molar-refractivity contribution is 0.311. The molecule has 1 aliphatic heterocycles. The molecule has 1 saturated carbocycles. The van der Waals surface area contributed by atoms with Crippen molar-refractivity contribution < 1.29 is 4.39 Å². The zero-order valence-electron chi connectivity index (χ0n) is 13.7. The lowest BCUT2D eigenvalue weighted by Crippen LogP contribution is -2.45. The van der Waals surface area contributed by atoms with Gasteiger partial charge in [0.2, 0.25) is 0 Å². The second-order valence-electron chi connectivity index (χ2n) is 6.86. The number of hydrogen-bond acceptors (Lipinski definition) is 3. The van der Waals surface area contributed by atoms with E-state index < -0.39 is 0 Å². The van der Waals surface area contributed by atoms with Crippen LogP contribution in [0.3, 0.4) is 0 Å². The van der Waals surface area contributed by atoms with Gasteiger partial charge in [-0.3, -0.25) is 9.20 Å². The number of aromatic nitrogens is 1. The number of nitrogens with zero attached hydrogens (tertiary/aromatic N) is 3. The first-order chi connectivity index (χ1) is 11.1. The van der Waals surface area contributed by atoms with E-state index in [0.717, 1.165) is 50.1 Å². The van der Waals surface area contributed by atoms with Gasteiger partial charge in [0.05, 0.1) is 17.4 Å². The van der Waals surface area contributed by atoms with Gasteiger partial charge in [-0.25, -0.2) is 4.39 Å². The molecule has 0 atom stereocenters. The molecule has 2 aromatic rings. The van der Waals surface area contributed by atoms with Crippen LogP contribution in [0.15, 0.2) is 23.1 Å². The van der Waals surface area contributed by atoms with Gasteiger partial charge in [0.1, 0.15) is 0 Å². The van der Waals surface area contributed by atoms with Crippen molar-refractivity contribution in [2.45, 2.75) is 25.7 Å². The Labute approximate surface area is 135 Å². The fourth-order valence-electron chi connectivity index (χ4n) is 3.70. The molecule has 2 fully saturated rings. The predicted octanol–water partition coefficient (Wildman–Crippen LogP) is 2.38. The third-order valence-electron chi connectivity index (χ3n) is 5.17. The molecule has 0 bridgehead atoms. The van der Waals surface area contributed by atoms with Gasteiger partial charge >= 0.3 is 0 Å². The summed E-state index contributed by atoms with van der Waals surface area (Å²) in [5, 5.41) is 0. The van der Waals surface area contributed by atoms with Crippen LogP contribution in [0.25, 0.3) is 5.52 Å². The molecule has 0 spiro atoms. The average molecular weight is 315 g/mol. The van der Waals surface area contributed by atoms with Crippen LogP contribution in [-0.2, 0) is 0 Å². The van der Waals surface area contributed by atoms with Crippen molar-refractivity contribution >= 4 is 11.2 Å². The zero-order chi connectivity index (χ0) is 16.1. The zero-order valence-corrected chi connectivity index (χ0v) is 13.7. The number of halogens is 1. The Morgan fingerprint density at radius 1 is 1.13 bits per heavy atom. The monoisotopic (exact) mass is 315 g/mol. The predicted molar refractivity (Wildman–Crippen MR) is 90.0 cm³/mol. The van der Waals surface area contributed by atoms with Crippen LogP contribution in [0.4, 0.5) is 10.1 Å². The van der Waals surface area contributed by atoms with Crippen molar-refractivity contribution in [3.63, 3.8) is 0 Å². The SMILES string of the molecule is Cc1c(N2CCN(C)CC2)c(F)cn2c(=O)ccc(C3CC3)c12. The number of fused-ring (bicyclic) bond motifs is 1. The van der Waals surface area contributed by atoms with Crippen LogP contribution in [0.5, 0.6) is 0 Å². The molecule has 0 unspecified atom stereocenters. The summed E-state index contributed by atoms with van der Waals surface area (Å²) in [4.78, 5) is 16.6. The van der Waals surface area contributed by atoms with E-state index in [1.54, 1.807) is 6.07 Å². The van der Waals surface area contributed by atoms with Crippen molar-refractivity contribution in [2.75, 3.05) is 38.1 Å². The van der Waals surface area contributed by atoms with E-state index in [9.17, 15) is 9.18 Å². The standard InChI is InChI=1S/C18H22FN3O/c1-12-17-14(13-3-4-13)5-6-16(23)22(17)11-15(19)18(12)21-9-7-20(2)8-10-21/h5-6,11,13H,3-4,7-10H2,1-2H3. The van der Waals surface area contributed by atoms with Crippen molar-refractivity contribution in [1.29, 1.82) is 0 Å². The van der Waals surface area contributed by atoms with Gasteiger partial charge in [-0.1, -0.05) is 6.07 Å². The highest BCUT2D eigenvalue weighted by molar-refractivity contribution is 5.73. The maximum absolute atomic E-state index is 14.8. The van der Waals surface area contributed by atoms with Crippen LogP contribution in [-0.4, -0.2) is 42.5 Å². The second-order valence-corrected chi connectivity index (χ2v) is 6.86. The van der Waals surface area contributed by atoms with E-state index in [1.807, 2.05) is 13.0 Å². The Kier molecular flexibility index (Phi) is 3.41. The summed E-state index contributed by atoms with van der Waals surface area (Å²) >= 11 is 0. The quantitative estimate of drug-likeness (QED) is 0.852. The highest BCUT2D eigenvalue weighted by Gasteiger charge is 2.28. The lowest BCUT2D eigenvalue weighted by Gasteiger charge is -2.35. The number of piperazine rings is 1. The summed E-state index contributed by atoms with van der Waals surface area (Å²) in [5.74, 6) is 0.227. The molecule has 2 aromatic heterocycles. The fourth-order valence-corrected chi connectivity index (χ4v) is 3.70. The van der Waals surface area contributed by atoms with Crippen molar-refractivity contribution in [2.24, 2.45) is 0 Å². The summed E-state index contributed by atoms with van der Waals surface area (Å²) in [5.41, 5.74) is 3.52. The molecule has 0 aromatic carbocycles. The molecule has 0 amide bonds. The number of aryl methyl sites for hydroxylation is 1. The topological polar surface area (TPSA) is 28.0 Å². The highest BCUT2D eigenvalue weighted by Crippen LogP contribution is 2.43. The van der Waals surface area contributed by atoms with Gasteiger partial charge in [0.15, 0.2) is 5.82 Å². The molecule has 4 rings (SSSR count). The minimum atomic E-state index is -0.297. The van der Waals surface area contributed by atoms with E-state index in [4.69, 9.17) is 0 Å². The maximum Gasteiger partial charge on any atom is 0.255 e. The molecule has 4 nitrogen and oxygen atoms in total. The summed E-state index contributed by atoms with van der Waals surface area (Å²) in [6, 6.07) is 3.50. The summed E-state index contributed by atoms with van der Waals surface area (Å²) in [6.07, 6.45) is 3.70. The van der Waals surface area contributed by atoms with Crippen LogP contribution in [0.2, 0.25) is 0 Å². The van der Waals surface area contributed by atoms with Crippen LogP contribution in [0.1, 0.15) is 29.9 Å². The minimum absolute atomic E-state index is 0.156. The van der Waals surface area contributed by atoms with Crippen molar-refractivity contribution in [3.8, 4) is 0 Å². The van der Waals surface area contributed by atoms with Crippen molar-refractivity contribution in [3.05, 3.63) is 45.6 Å². The molecule has 0 N–H and O–H groups in total. The Morgan fingerprint density at radius 2 is 1.83 bits per heavy atom. The normalized spacial score (nSPS) is 19.5. The Bertz CT molecular complexity index is 817. The first-order valence-corrected chi connectivity index (χ1v) is 8.34. The molecule has 23 heavy (non-hydrogen) atoms. The molecule has 1 saturated heterocycles. The number of rotatable bonds is 2. The van der Waals surface area contributed by atoms with E-state index >= 15 is 0 Å². The van der Waals surface area contributed by atoms with Gasteiger partial charge in [-0.15, -0.1) is 0 Å². The van der Waals surface area contributed by atoms with Gasteiger partial charge in [-0.2, -0.15) is 0 Å². The molecular weight excluding hydrogens is 293 g/mol. The van der Waals surface area contributed by atoms with Crippen LogP contribution < -0.4 is 10.5 Å². The molecule has 1 aliphatic carbocycles. The van der Waals surface area contributed by atoms with Gasteiger partial charge in [0.25, 0.3) is 5.56 Å². The molecule has 3 heterocycles. The number of pyridine rings is 2.